The lowest BCUT2D eigenvalue weighted by Gasteiger charge is -2.23. The Morgan fingerprint density at radius 3 is 2.21 bits per heavy atom. The summed E-state index contributed by atoms with van der Waals surface area (Å²) >= 11 is 5.88. The van der Waals surface area contributed by atoms with Crippen molar-refractivity contribution in [2.24, 2.45) is 0 Å². The van der Waals surface area contributed by atoms with Crippen molar-refractivity contribution in [2.75, 3.05) is 18.5 Å². The van der Waals surface area contributed by atoms with Crippen LogP contribution in [0.3, 0.4) is 0 Å². The molecule has 0 bridgehead atoms. The molecular weight excluding hydrogens is 324 g/mol. The third kappa shape index (κ3) is 5.10. The summed E-state index contributed by atoms with van der Waals surface area (Å²) in [4.78, 5) is 27.5. The van der Waals surface area contributed by atoms with Crippen LogP contribution in [-0.4, -0.2) is 30.3 Å². The maximum atomic E-state index is 12.3. The van der Waals surface area contributed by atoms with Crippen LogP contribution in [0, 0.1) is 0 Å². The highest BCUT2D eigenvalue weighted by atomic mass is 35.5. The molecule has 2 aromatic carbocycles. The van der Waals surface area contributed by atoms with Crippen molar-refractivity contribution >= 4 is 29.1 Å². The lowest BCUT2D eigenvalue weighted by Crippen LogP contribution is -2.34. The van der Waals surface area contributed by atoms with Crippen LogP contribution in [0.5, 0.6) is 0 Å². The molecule has 0 aromatic heterocycles. The molecule has 0 spiro atoms. The molecule has 5 heteroatoms. The predicted octanol–water partition coefficient (Wildman–Crippen LogP) is 3.74. The first-order valence-corrected chi connectivity index (χ1v) is 8.16. The molecule has 0 N–H and O–H groups in total. The van der Waals surface area contributed by atoms with E-state index in [0.29, 0.717) is 18.1 Å². The molecule has 0 aliphatic carbocycles. The molecule has 0 saturated heterocycles. The number of nitrogens with zero attached hydrogens (tertiary/aromatic N) is 2. The Bertz CT molecular complexity index is 686. The fourth-order valence-electron chi connectivity index (χ4n) is 2.43. The monoisotopic (exact) mass is 344 g/mol. The topological polar surface area (TPSA) is 40.6 Å². The molecule has 0 fully saturated rings. The van der Waals surface area contributed by atoms with Crippen LogP contribution < -0.4 is 4.90 Å². The van der Waals surface area contributed by atoms with Crippen LogP contribution in [0.2, 0.25) is 5.02 Å². The Morgan fingerprint density at radius 1 is 1.00 bits per heavy atom. The summed E-state index contributed by atoms with van der Waals surface area (Å²) in [6, 6.07) is 16.8. The van der Waals surface area contributed by atoms with E-state index in [9.17, 15) is 9.59 Å². The van der Waals surface area contributed by atoms with Crippen LogP contribution in [0.4, 0.5) is 5.69 Å². The van der Waals surface area contributed by atoms with Crippen molar-refractivity contribution in [3.63, 3.8) is 0 Å². The first-order chi connectivity index (χ1) is 11.5. The molecule has 2 amide bonds. The second kappa shape index (κ2) is 8.50. The minimum atomic E-state index is -0.101. The Morgan fingerprint density at radius 2 is 1.62 bits per heavy atom. The fourth-order valence-corrected chi connectivity index (χ4v) is 2.56. The number of rotatable bonds is 6. The molecule has 24 heavy (non-hydrogen) atoms. The summed E-state index contributed by atoms with van der Waals surface area (Å²) in [6.07, 6.45) is 0.269. The molecule has 0 atom stereocenters. The van der Waals surface area contributed by atoms with E-state index in [2.05, 4.69) is 0 Å². The summed E-state index contributed by atoms with van der Waals surface area (Å²) in [7, 11) is 1.77. The zero-order chi connectivity index (χ0) is 17.5. The van der Waals surface area contributed by atoms with Gasteiger partial charge in [0.2, 0.25) is 11.8 Å². The van der Waals surface area contributed by atoms with Crippen LogP contribution >= 0.6 is 11.6 Å². The van der Waals surface area contributed by atoms with E-state index in [4.69, 9.17) is 11.6 Å². The Kier molecular flexibility index (Phi) is 6.38. The van der Waals surface area contributed by atoms with Gasteiger partial charge in [-0.15, -0.1) is 0 Å². The highest BCUT2D eigenvalue weighted by molar-refractivity contribution is 6.30. The maximum Gasteiger partial charge on any atom is 0.224 e. The van der Waals surface area contributed by atoms with Gasteiger partial charge in [0, 0.05) is 44.2 Å². The standard InChI is InChI=1S/C19H21ClN2O2/c1-15(23)22(18-10-8-17(20)9-11-18)13-12-19(24)21(2)14-16-6-4-3-5-7-16/h3-11H,12-14H2,1-2H3. The van der Waals surface area contributed by atoms with Gasteiger partial charge < -0.3 is 9.80 Å². The van der Waals surface area contributed by atoms with Crippen molar-refractivity contribution < 1.29 is 9.59 Å². The number of carbonyl (C=O) groups excluding carboxylic acids is 2. The number of halogens is 1. The van der Waals surface area contributed by atoms with E-state index in [1.165, 1.54) is 6.92 Å². The zero-order valence-corrected chi connectivity index (χ0v) is 14.7. The lowest BCUT2D eigenvalue weighted by atomic mass is 10.2. The van der Waals surface area contributed by atoms with Gasteiger partial charge in [-0.05, 0) is 29.8 Å². The Labute approximate surface area is 147 Å². The van der Waals surface area contributed by atoms with E-state index < -0.39 is 0 Å². The van der Waals surface area contributed by atoms with Gasteiger partial charge in [-0.2, -0.15) is 0 Å². The van der Waals surface area contributed by atoms with Gasteiger partial charge in [0.1, 0.15) is 0 Å². The molecular formula is C19H21ClN2O2. The van der Waals surface area contributed by atoms with Gasteiger partial charge in [-0.3, -0.25) is 9.59 Å². The first kappa shape index (κ1) is 18.0. The summed E-state index contributed by atoms with van der Waals surface area (Å²) < 4.78 is 0. The summed E-state index contributed by atoms with van der Waals surface area (Å²) in [5.41, 5.74) is 1.82. The molecule has 2 rings (SSSR count). The van der Waals surface area contributed by atoms with E-state index >= 15 is 0 Å². The molecule has 0 unspecified atom stereocenters. The van der Waals surface area contributed by atoms with E-state index in [-0.39, 0.29) is 18.2 Å². The smallest absolute Gasteiger partial charge is 0.224 e. The number of benzene rings is 2. The first-order valence-electron chi connectivity index (χ1n) is 7.79. The zero-order valence-electron chi connectivity index (χ0n) is 13.9. The highest BCUT2D eigenvalue weighted by Gasteiger charge is 2.15. The van der Waals surface area contributed by atoms with Gasteiger partial charge in [0.15, 0.2) is 0 Å². The number of anilines is 1. The summed E-state index contributed by atoms with van der Waals surface area (Å²) in [5, 5.41) is 0.612. The van der Waals surface area contributed by atoms with Crippen LogP contribution in [-0.2, 0) is 16.1 Å². The van der Waals surface area contributed by atoms with Crippen molar-refractivity contribution in [1.82, 2.24) is 4.90 Å². The molecule has 0 saturated carbocycles. The molecule has 0 aliphatic rings. The number of hydrogen-bond donors (Lipinski definition) is 0. The molecule has 2 aromatic rings. The van der Waals surface area contributed by atoms with Gasteiger partial charge >= 0.3 is 0 Å². The molecule has 0 heterocycles. The van der Waals surface area contributed by atoms with Gasteiger partial charge in [-0.1, -0.05) is 41.9 Å². The predicted molar refractivity (Wildman–Crippen MR) is 97.0 cm³/mol. The van der Waals surface area contributed by atoms with Crippen molar-refractivity contribution in [1.29, 1.82) is 0 Å². The third-order valence-corrected chi connectivity index (χ3v) is 4.01. The maximum absolute atomic E-state index is 12.3. The quantitative estimate of drug-likeness (QED) is 0.801. The second-order valence-corrected chi connectivity index (χ2v) is 6.07. The average molecular weight is 345 g/mol. The average Bonchev–Trinajstić information content (AvgIpc) is 2.57. The lowest BCUT2D eigenvalue weighted by molar-refractivity contribution is -0.130. The summed E-state index contributed by atoms with van der Waals surface area (Å²) in [5.74, 6) is -0.102. The number of hydrogen-bond acceptors (Lipinski definition) is 2. The van der Waals surface area contributed by atoms with Crippen molar-refractivity contribution in [3.8, 4) is 0 Å². The highest BCUT2D eigenvalue weighted by Crippen LogP contribution is 2.18. The third-order valence-electron chi connectivity index (χ3n) is 3.76. The Hall–Kier alpha value is -2.33. The second-order valence-electron chi connectivity index (χ2n) is 5.63. The van der Waals surface area contributed by atoms with Crippen molar-refractivity contribution in [2.45, 2.75) is 19.9 Å². The molecule has 0 aliphatic heterocycles. The fraction of sp³-hybridized carbons (Fsp3) is 0.263. The number of amides is 2. The van der Waals surface area contributed by atoms with Crippen LogP contribution in [0.1, 0.15) is 18.9 Å². The van der Waals surface area contributed by atoms with Gasteiger partial charge in [0.25, 0.3) is 0 Å². The van der Waals surface area contributed by atoms with Crippen molar-refractivity contribution in [3.05, 3.63) is 65.2 Å². The molecule has 126 valence electrons. The normalized spacial score (nSPS) is 10.3. The molecule has 4 nitrogen and oxygen atoms in total. The number of carbonyl (C=O) groups is 2. The largest absolute Gasteiger partial charge is 0.341 e. The minimum Gasteiger partial charge on any atom is -0.341 e. The van der Waals surface area contributed by atoms with Crippen LogP contribution in [0.15, 0.2) is 54.6 Å². The van der Waals surface area contributed by atoms with Gasteiger partial charge in [0.05, 0.1) is 0 Å². The SMILES string of the molecule is CC(=O)N(CCC(=O)N(C)Cc1ccccc1)c1ccc(Cl)cc1. The summed E-state index contributed by atoms with van der Waals surface area (Å²) in [6.45, 7) is 2.39. The van der Waals surface area contributed by atoms with Crippen LogP contribution in [0.25, 0.3) is 0 Å². The van der Waals surface area contributed by atoms with E-state index in [1.807, 2.05) is 30.3 Å². The van der Waals surface area contributed by atoms with E-state index in [0.717, 1.165) is 11.3 Å². The molecule has 0 radical (unpaired) electrons. The Balaban J connectivity index is 1.94. The van der Waals surface area contributed by atoms with E-state index in [1.54, 1.807) is 41.1 Å². The minimum absolute atomic E-state index is 0.000864. The van der Waals surface area contributed by atoms with Gasteiger partial charge in [-0.25, -0.2) is 0 Å².